The quantitative estimate of drug-likeness (QED) is 0.854. The Morgan fingerprint density at radius 1 is 1.33 bits per heavy atom. The number of nitrogens with one attached hydrogen (secondary N) is 2. The number of benzene rings is 1. The van der Waals surface area contributed by atoms with Crippen molar-refractivity contribution in [3.05, 3.63) is 30.0 Å². The van der Waals surface area contributed by atoms with Gasteiger partial charge in [0.1, 0.15) is 5.75 Å². The molecule has 1 aromatic heterocycles. The van der Waals surface area contributed by atoms with Gasteiger partial charge in [0.05, 0.1) is 19.8 Å². The normalized spacial score (nSPS) is 20.8. The number of aromatic amines is 1. The zero-order valence-corrected chi connectivity index (χ0v) is 10.5. The number of methoxy groups -OCH3 is 1. The van der Waals surface area contributed by atoms with E-state index in [2.05, 4.69) is 22.6 Å². The second-order valence-electron chi connectivity index (χ2n) is 4.55. The van der Waals surface area contributed by atoms with Crippen LogP contribution in [0.4, 0.5) is 0 Å². The molecule has 4 nitrogen and oxygen atoms in total. The van der Waals surface area contributed by atoms with Crippen molar-refractivity contribution in [3.63, 3.8) is 0 Å². The number of aromatic nitrogens is 1. The van der Waals surface area contributed by atoms with Gasteiger partial charge in [-0.1, -0.05) is 0 Å². The van der Waals surface area contributed by atoms with Crippen LogP contribution >= 0.6 is 0 Å². The summed E-state index contributed by atoms with van der Waals surface area (Å²) in [7, 11) is 1.69. The lowest BCUT2D eigenvalue weighted by molar-refractivity contribution is 0.0654. The van der Waals surface area contributed by atoms with Crippen LogP contribution in [0.3, 0.4) is 0 Å². The Morgan fingerprint density at radius 2 is 2.28 bits per heavy atom. The molecule has 96 valence electrons. The zero-order chi connectivity index (χ0) is 12.4. The highest BCUT2D eigenvalue weighted by atomic mass is 16.5. The fraction of sp³-hybridized carbons (Fsp3) is 0.429. The van der Waals surface area contributed by atoms with Crippen LogP contribution < -0.4 is 10.1 Å². The Kier molecular flexibility index (Phi) is 3.21. The Hall–Kier alpha value is -1.52. The van der Waals surface area contributed by atoms with Crippen molar-refractivity contribution in [1.82, 2.24) is 10.3 Å². The zero-order valence-electron chi connectivity index (χ0n) is 10.5. The van der Waals surface area contributed by atoms with Crippen LogP contribution in [0.15, 0.2) is 24.4 Å². The number of rotatable bonds is 2. The minimum absolute atomic E-state index is 0.167. The molecule has 1 aliphatic rings. The summed E-state index contributed by atoms with van der Waals surface area (Å²) in [6.45, 7) is 2.70. The number of hydrogen-bond acceptors (Lipinski definition) is 3. The highest BCUT2D eigenvalue weighted by Crippen LogP contribution is 2.31. The van der Waals surface area contributed by atoms with E-state index >= 15 is 0 Å². The topological polar surface area (TPSA) is 46.3 Å². The number of fused-ring (bicyclic) bond motifs is 1. The van der Waals surface area contributed by atoms with E-state index in [1.165, 1.54) is 10.9 Å². The fourth-order valence-corrected chi connectivity index (χ4v) is 2.47. The number of ether oxygens (including phenoxy) is 2. The maximum absolute atomic E-state index is 5.91. The standard InChI is InChI=1S/C14H18N2O2/c1-17-10-2-3-13-11(8-10)12(9-16-13)14-4-5-15-6-7-18-14/h2-3,8-9,14-16H,4-7H2,1H3. The highest BCUT2D eigenvalue weighted by molar-refractivity contribution is 5.85. The Bertz CT molecular complexity index is 528. The van der Waals surface area contributed by atoms with Crippen molar-refractivity contribution in [3.8, 4) is 5.75 Å². The van der Waals surface area contributed by atoms with Crippen LogP contribution in [0.2, 0.25) is 0 Å². The molecule has 0 saturated carbocycles. The molecule has 4 heteroatoms. The minimum atomic E-state index is 0.167. The second-order valence-corrected chi connectivity index (χ2v) is 4.55. The predicted molar refractivity (Wildman–Crippen MR) is 71.0 cm³/mol. The van der Waals surface area contributed by atoms with Crippen LogP contribution in [0.5, 0.6) is 5.75 Å². The van der Waals surface area contributed by atoms with Gasteiger partial charge < -0.3 is 19.8 Å². The van der Waals surface area contributed by atoms with Gasteiger partial charge in [0, 0.05) is 29.2 Å². The summed E-state index contributed by atoms with van der Waals surface area (Å²) in [4.78, 5) is 3.30. The molecule has 0 radical (unpaired) electrons. The van der Waals surface area contributed by atoms with Gasteiger partial charge in [-0.05, 0) is 31.2 Å². The SMILES string of the molecule is COc1ccc2[nH]cc(C3CCNCCO3)c2c1. The third-order valence-electron chi connectivity index (χ3n) is 3.45. The molecule has 1 unspecified atom stereocenters. The molecule has 2 aromatic rings. The van der Waals surface area contributed by atoms with Crippen LogP contribution in [-0.4, -0.2) is 31.8 Å². The summed E-state index contributed by atoms with van der Waals surface area (Å²) in [6.07, 6.45) is 3.23. The van der Waals surface area contributed by atoms with Gasteiger partial charge in [-0.15, -0.1) is 0 Å². The summed E-state index contributed by atoms with van der Waals surface area (Å²) in [5, 5.41) is 4.55. The van der Waals surface area contributed by atoms with Crippen molar-refractivity contribution < 1.29 is 9.47 Å². The van der Waals surface area contributed by atoms with E-state index in [1.807, 2.05) is 12.1 Å². The molecular weight excluding hydrogens is 228 g/mol. The van der Waals surface area contributed by atoms with Gasteiger partial charge in [-0.25, -0.2) is 0 Å². The minimum Gasteiger partial charge on any atom is -0.497 e. The molecule has 1 aliphatic heterocycles. The predicted octanol–water partition coefficient (Wildman–Crippen LogP) is 2.23. The van der Waals surface area contributed by atoms with Crippen molar-refractivity contribution in [2.75, 3.05) is 26.8 Å². The largest absolute Gasteiger partial charge is 0.497 e. The maximum Gasteiger partial charge on any atom is 0.119 e. The van der Waals surface area contributed by atoms with E-state index in [0.717, 1.165) is 37.4 Å². The van der Waals surface area contributed by atoms with Crippen molar-refractivity contribution in [2.45, 2.75) is 12.5 Å². The van der Waals surface area contributed by atoms with E-state index in [-0.39, 0.29) is 6.10 Å². The van der Waals surface area contributed by atoms with Crippen LogP contribution in [0.25, 0.3) is 10.9 Å². The monoisotopic (exact) mass is 246 g/mol. The molecule has 0 aliphatic carbocycles. The van der Waals surface area contributed by atoms with Crippen molar-refractivity contribution in [1.29, 1.82) is 0 Å². The lowest BCUT2D eigenvalue weighted by Gasteiger charge is -2.13. The lowest BCUT2D eigenvalue weighted by atomic mass is 10.1. The molecule has 0 amide bonds. The third-order valence-corrected chi connectivity index (χ3v) is 3.45. The highest BCUT2D eigenvalue weighted by Gasteiger charge is 2.18. The first-order valence-electron chi connectivity index (χ1n) is 6.36. The molecule has 2 heterocycles. The first kappa shape index (κ1) is 11.6. The molecule has 1 atom stereocenters. The first-order valence-corrected chi connectivity index (χ1v) is 6.36. The third kappa shape index (κ3) is 2.09. The molecule has 3 rings (SSSR count). The van der Waals surface area contributed by atoms with Crippen LogP contribution in [0, 0.1) is 0 Å². The number of hydrogen-bond donors (Lipinski definition) is 2. The summed E-state index contributed by atoms with van der Waals surface area (Å²) in [5.74, 6) is 0.884. The van der Waals surface area contributed by atoms with E-state index in [4.69, 9.17) is 9.47 Å². The summed E-state index contributed by atoms with van der Waals surface area (Å²) in [6, 6.07) is 6.09. The molecule has 1 aromatic carbocycles. The lowest BCUT2D eigenvalue weighted by Crippen LogP contribution is -2.16. The average molecular weight is 246 g/mol. The summed E-state index contributed by atoms with van der Waals surface area (Å²) >= 11 is 0. The van der Waals surface area contributed by atoms with Gasteiger partial charge >= 0.3 is 0 Å². The molecular formula is C14H18N2O2. The smallest absolute Gasteiger partial charge is 0.119 e. The van der Waals surface area contributed by atoms with E-state index in [9.17, 15) is 0 Å². The van der Waals surface area contributed by atoms with Crippen molar-refractivity contribution in [2.24, 2.45) is 0 Å². The van der Waals surface area contributed by atoms with Gasteiger partial charge in [0.25, 0.3) is 0 Å². The fourth-order valence-electron chi connectivity index (χ4n) is 2.47. The number of H-pyrrole nitrogens is 1. The Morgan fingerprint density at radius 3 is 3.17 bits per heavy atom. The Labute approximate surface area is 106 Å². The maximum atomic E-state index is 5.91. The van der Waals surface area contributed by atoms with Gasteiger partial charge in [-0.2, -0.15) is 0 Å². The first-order chi connectivity index (χ1) is 8.88. The molecule has 2 N–H and O–H groups in total. The van der Waals surface area contributed by atoms with Crippen LogP contribution in [-0.2, 0) is 4.74 Å². The Balaban J connectivity index is 1.99. The van der Waals surface area contributed by atoms with E-state index < -0.39 is 0 Å². The van der Waals surface area contributed by atoms with Crippen LogP contribution in [0.1, 0.15) is 18.1 Å². The van der Waals surface area contributed by atoms with Gasteiger partial charge in [0.15, 0.2) is 0 Å². The average Bonchev–Trinajstić information content (AvgIpc) is 2.64. The summed E-state index contributed by atoms with van der Waals surface area (Å²) in [5.41, 5.74) is 2.36. The molecule has 0 bridgehead atoms. The molecule has 1 saturated heterocycles. The summed E-state index contributed by atoms with van der Waals surface area (Å²) < 4.78 is 11.2. The second kappa shape index (κ2) is 5.00. The van der Waals surface area contributed by atoms with Crippen molar-refractivity contribution >= 4 is 10.9 Å². The molecule has 1 fully saturated rings. The molecule has 18 heavy (non-hydrogen) atoms. The molecule has 0 spiro atoms. The van der Waals surface area contributed by atoms with E-state index in [1.54, 1.807) is 7.11 Å². The van der Waals surface area contributed by atoms with Gasteiger partial charge in [0.2, 0.25) is 0 Å². The van der Waals surface area contributed by atoms with E-state index in [0.29, 0.717) is 0 Å². The van der Waals surface area contributed by atoms with Gasteiger partial charge in [-0.3, -0.25) is 0 Å².